The molecule has 1 aliphatic rings. The molecule has 3 nitrogen and oxygen atoms in total. The summed E-state index contributed by atoms with van der Waals surface area (Å²) < 4.78 is 38.9. The lowest BCUT2D eigenvalue weighted by Crippen LogP contribution is -2.46. The molecular formula is C20H18Cl2F3NO2. The zero-order valence-electron chi connectivity index (χ0n) is 14.7. The molecule has 1 aliphatic heterocycles. The van der Waals surface area contributed by atoms with Gasteiger partial charge in [0.05, 0.1) is 21.7 Å². The van der Waals surface area contributed by atoms with E-state index in [1.807, 2.05) is 0 Å². The highest BCUT2D eigenvalue weighted by Crippen LogP contribution is 2.40. The number of rotatable bonds is 4. The average molecular weight is 432 g/mol. The monoisotopic (exact) mass is 431 g/mol. The van der Waals surface area contributed by atoms with Gasteiger partial charge in [-0.15, -0.1) is 0 Å². The Hall–Kier alpha value is -1.76. The van der Waals surface area contributed by atoms with E-state index in [-0.39, 0.29) is 5.02 Å². The second kappa shape index (κ2) is 8.31. The number of carbonyl (C=O) groups is 1. The van der Waals surface area contributed by atoms with E-state index in [0.29, 0.717) is 29.1 Å². The first-order valence-corrected chi connectivity index (χ1v) is 9.55. The molecule has 2 atom stereocenters. The largest absolute Gasteiger partial charge is 0.480 e. The minimum absolute atomic E-state index is 0.267. The summed E-state index contributed by atoms with van der Waals surface area (Å²) >= 11 is 12.6. The minimum Gasteiger partial charge on any atom is -0.480 e. The lowest BCUT2D eigenvalue weighted by atomic mass is 9.91. The molecule has 0 spiro atoms. The number of piperidine rings is 1. The van der Waals surface area contributed by atoms with Crippen molar-refractivity contribution in [2.45, 2.75) is 37.5 Å². The van der Waals surface area contributed by atoms with Gasteiger partial charge in [0, 0.05) is 0 Å². The van der Waals surface area contributed by atoms with Gasteiger partial charge in [0.25, 0.3) is 0 Å². The Morgan fingerprint density at radius 3 is 2.39 bits per heavy atom. The third-order valence-electron chi connectivity index (χ3n) is 4.99. The van der Waals surface area contributed by atoms with E-state index in [0.717, 1.165) is 25.0 Å². The molecule has 0 amide bonds. The van der Waals surface area contributed by atoms with Crippen LogP contribution in [0.25, 0.3) is 0 Å². The number of alkyl halides is 3. The molecule has 2 unspecified atom stereocenters. The van der Waals surface area contributed by atoms with E-state index < -0.39 is 29.8 Å². The lowest BCUT2D eigenvalue weighted by molar-refractivity contribution is -0.145. The van der Waals surface area contributed by atoms with Crippen molar-refractivity contribution in [1.29, 1.82) is 0 Å². The van der Waals surface area contributed by atoms with Crippen LogP contribution in [0.4, 0.5) is 13.2 Å². The van der Waals surface area contributed by atoms with Crippen LogP contribution in [0.3, 0.4) is 0 Å². The van der Waals surface area contributed by atoms with E-state index in [1.165, 1.54) is 12.1 Å². The summed E-state index contributed by atoms with van der Waals surface area (Å²) in [5.74, 6) is -0.963. The van der Waals surface area contributed by atoms with Crippen molar-refractivity contribution in [3.63, 3.8) is 0 Å². The molecule has 1 saturated heterocycles. The van der Waals surface area contributed by atoms with E-state index >= 15 is 0 Å². The van der Waals surface area contributed by atoms with Crippen molar-refractivity contribution in [2.24, 2.45) is 0 Å². The van der Waals surface area contributed by atoms with Gasteiger partial charge in [-0.3, -0.25) is 9.69 Å². The van der Waals surface area contributed by atoms with Crippen LogP contribution in [0.2, 0.25) is 10.0 Å². The van der Waals surface area contributed by atoms with Crippen LogP contribution in [0, 0.1) is 0 Å². The van der Waals surface area contributed by atoms with Crippen molar-refractivity contribution >= 4 is 29.2 Å². The van der Waals surface area contributed by atoms with Gasteiger partial charge in [-0.2, -0.15) is 13.2 Å². The van der Waals surface area contributed by atoms with Gasteiger partial charge in [-0.25, -0.2) is 0 Å². The summed E-state index contributed by atoms with van der Waals surface area (Å²) in [7, 11) is 0. The number of halogens is 5. The Bertz CT molecular complexity index is 856. The van der Waals surface area contributed by atoms with Gasteiger partial charge < -0.3 is 5.11 Å². The van der Waals surface area contributed by atoms with Crippen molar-refractivity contribution in [3.05, 3.63) is 69.2 Å². The zero-order valence-corrected chi connectivity index (χ0v) is 16.2. The molecule has 0 bridgehead atoms. The van der Waals surface area contributed by atoms with E-state index in [2.05, 4.69) is 0 Å². The number of hydrogen-bond acceptors (Lipinski definition) is 2. The van der Waals surface area contributed by atoms with E-state index in [4.69, 9.17) is 23.2 Å². The molecule has 2 aromatic carbocycles. The first-order chi connectivity index (χ1) is 13.2. The highest BCUT2D eigenvalue weighted by molar-refractivity contribution is 6.42. The predicted octanol–water partition coefficient (Wildman–Crippen LogP) is 6.04. The van der Waals surface area contributed by atoms with Crippen LogP contribution in [0.1, 0.15) is 42.0 Å². The molecule has 0 aromatic heterocycles. The van der Waals surface area contributed by atoms with Crippen LogP contribution in [-0.4, -0.2) is 28.6 Å². The number of nitrogens with zero attached hydrogens (tertiary/aromatic N) is 1. The van der Waals surface area contributed by atoms with Gasteiger partial charge >= 0.3 is 12.1 Å². The molecule has 28 heavy (non-hydrogen) atoms. The fraction of sp³-hybridized carbons (Fsp3) is 0.350. The molecule has 1 fully saturated rings. The van der Waals surface area contributed by atoms with Crippen LogP contribution >= 0.6 is 23.2 Å². The lowest BCUT2D eigenvalue weighted by Gasteiger charge is -2.40. The SMILES string of the molecule is O=C(O)C1CCCCN1C(c1ccc(C(F)(F)F)cc1)c1cccc(Cl)c1Cl. The first kappa shape index (κ1) is 21.0. The van der Waals surface area contributed by atoms with Crippen LogP contribution in [0.5, 0.6) is 0 Å². The molecule has 8 heteroatoms. The average Bonchev–Trinajstić information content (AvgIpc) is 2.65. The van der Waals surface area contributed by atoms with Gasteiger partial charge in [-0.05, 0) is 48.7 Å². The molecule has 2 aromatic rings. The summed E-state index contributed by atoms with van der Waals surface area (Å²) in [6.45, 7) is 0.492. The number of carboxylic acids is 1. The maximum atomic E-state index is 13.0. The maximum Gasteiger partial charge on any atom is 0.416 e. The van der Waals surface area contributed by atoms with E-state index in [9.17, 15) is 23.1 Å². The summed E-state index contributed by atoms with van der Waals surface area (Å²) in [4.78, 5) is 13.6. The summed E-state index contributed by atoms with van der Waals surface area (Å²) in [6.07, 6.45) is -2.42. The smallest absolute Gasteiger partial charge is 0.416 e. The predicted molar refractivity (Wildman–Crippen MR) is 102 cm³/mol. The fourth-order valence-electron chi connectivity index (χ4n) is 3.66. The van der Waals surface area contributed by atoms with Crippen molar-refractivity contribution < 1.29 is 23.1 Å². The van der Waals surface area contributed by atoms with Gasteiger partial charge in [0.15, 0.2) is 0 Å². The number of likely N-dealkylation sites (tertiary alicyclic amines) is 1. The molecule has 0 saturated carbocycles. The molecule has 1 N–H and O–H groups in total. The summed E-state index contributed by atoms with van der Waals surface area (Å²) in [5, 5.41) is 10.2. The van der Waals surface area contributed by atoms with Crippen LogP contribution < -0.4 is 0 Å². The molecule has 0 radical (unpaired) electrons. The van der Waals surface area contributed by atoms with Gasteiger partial charge in [0.2, 0.25) is 0 Å². The molecule has 0 aliphatic carbocycles. The summed E-state index contributed by atoms with van der Waals surface area (Å²) in [6, 6.07) is 8.41. The van der Waals surface area contributed by atoms with Crippen molar-refractivity contribution in [3.8, 4) is 0 Å². The molecule has 3 rings (SSSR count). The fourth-order valence-corrected chi connectivity index (χ4v) is 4.08. The topological polar surface area (TPSA) is 40.5 Å². The number of aliphatic carboxylic acids is 1. The zero-order chi connectivity index (χ0) is 20.5. The van der Waals surface area contributed by atoms with Crippen LogP contribution in [-0.2, 0) is 11.0 Å². The minimum atomic E-state index is -4.45. The van der Waals surface area contributed by atoms with Gasteiger partial charge in [-0.1, -0.05) is 53.9 Å². The quantitative estimate of drug-likeness (QED) is 0.641. The third-order valence-corrected chi connectivity index (χ3v) is 5.82. The van der Waals surface area contributed by atoms with Crippen molar-refractivity contribution in [2.75, 3.05) is 6.54 Å². The standard InChI is InChI=1S/C20H18Cl2F3NO2/c21-15-5-3-4-14(17(15)22)18(26-11-2-1-6-16(26)19(27)28)12-7-9-13(10-8-12)20(23,24)25/h3-5,7-10,16,18H,1-2,6,11H2,(H,27,28). The Labute approximate surface area is 170 Å². The van der Waals surface area contributed by atoms with Crippen LogP contribution in [0.15, 0.2) is 42.5 Å². The third kappa shape index (κ3) is 4.29. The highest BCUT2D eigenvalue weighted by atomic mass is 35.5. The normalized spacial score (nSPS) is 19.4. The van der Waals surface area contributed by atoms with Crippen molar-refractivity contribution in [1.82, 2.24) is 4.90 Å². The number of hydrogen-bond donors (Lipinski definition) is 1. The number of carboxylic acid groups (broad SMARTS) is 1. The van der Waals surface area contributed by atoms with E-state index in [1.54, 1.807) is 23.1 Å². The molecular weight excluding hydrogens is 414 g/mol. The Morgan fingerprint density at radius 2 is 1.79 bits per heavy atom. The molecule has 1 heterocycles. The highest BCUT2D eigenvalue weighted by Gasteiger charge is 2.37. The Kier molecular flexibility index (Phi) is 6.22. The second-order valence-corrected chi connectivity index (χ2v) is 7.54. The first-order valence-electron chi connectivity index (χ1n) is 8.79. The maximum absolute atomic E-state index is 13.0. The summed E-state index contributed by atoms with van der Waals surface area (Å²) in [5.41, 5.74) is 0.341. The number of benzene rings is 2. The molecule has 150 valence electrons. The Morgan fingerprint density at radius 1 is 1.11 bits per heavy atom. The Balaban J connectivity index is 2.11. The second-order valence-electron chi connectivity index (χ2n) is 6.75. The van der Waals surface area contributed by atoms with Gasteiger partial charge in [0.1, 0.15) is 6.04 Å².